The molecule has 49 valence electrons. The second kappa shape index (κ2) is 2.14. The lowest BCUT2D eigenvalue weighted by Crippen LogP contribution is -2.04. The van der Waals surface area contributed by atoms with Gasteiger partial charge < -0.3 is 0 Å². The van der Waals surface area contributed by atoms with Crippen molar-refractivity contribution in [2.24, 2.45) is 10.5 Å². The van der Waals surface area contributed by atoms with Crippen molar-refractivity contribution in [3.63, 3.8) is 0 Å². The van der Waals surface area contributed by atoms with E-state index in [1.165, 1.54) is 16.9 Å². The third kappa shape index (κ3) is 1.55. The molecule has 0 spiro atoms. The Morgan fingerprint density at radius 1 is 1.56 bits per heavy atom. The van der Waals surface area contributed by atoms with Crippen LogP contribution in [0, 0.1) is 5.41 Å². The summed E-state index contributed by atoms with van der Waals surface area (Å²) >= 11 is 1.47. The SMILES string of the molecule is CC(C)(C)C1=CN=[N+]S1. The molecule has 0 aromatic carbocycles. The summed E-state index contributed by atoms with van der Waals surface area (Å²) < 4.78 is 3.78. The number of allylic oxidation sites excluding steroid dienone is 1. The van der Waals surface area contributed by atoms with E-state index >= 15 is 0 Å². The lowest BCUT2D eigenvalue weighted by atomic mass is 9.97. The summed E-state index contributed by atoms with van der Waals surface area (Å²) in [5.41, 5.74) is 0.216. The fourth-order valence-electron chi connectivity index (χ4n) is 0.498. The molecular formula is C6H10N2S+. The first-order valence-corrected chi connectivity index (χ1v) is 3.66. The van der Waals surface area contributed by atoms with Crippen LogP contribution in [0.4, 0.5) is 0 Å². The zero-order chi connectivity index (χ0) is 6.91. The van der Waals surface area contributed by atoms with Crippen LogP contribution < -0.4 is 4.52 Å². The molecule has 1 aliphatic rings. The molecule has 0 saturated carbocycles. The Balaban J connectivity index is 2.66. The van der Waals surface area contributed by atoms with Crippen LogP contribution in [0.1, 0.15) is 20.8 Å². The normalized spacial score (nSPS) is 18.3. The van der Waals surface area contributed by atoms with Crippen molar-refractivity contribution < 1.29 is 0 Å². The summed E-state index contributed by atoms with van der Waals surface area (Å²) in [6.07, 6.45) is 1.82. The summed E-state index contributed by atoms with van der Waals surface area (Å²) in [5, 5.41) is 3.76. The maximum atomic E-state index is 3.78. The number of nitrogens with zero attached hydrogens (tertiary/aromatic N) is 2. The van der Waals surface area contributed by atoms with Gasteiger partial charge in [-0.1, -0.05) is 20.8 Å². The van der Waals surface area contributed by atoms with Crippen LogP contribution in [-0.4, -0.2) is 0 Å². The molecule has 0 fully saturated rings. The van der Waals surface area contributed by atoms with Gasteiger partial charge in [-0.2, -0.15) is 0 Å². The molecule has 9 heavy (non-hydrogen) atoms. The summed E-state index contributed by atoms with van der Waals surface area (Å²) in [6, 6.07) is 0. The van der Waals surface area contributed by atoms with E-state index in [1.54, 1.807) is 0 Å². The predicted octanol–water partition coefficient (Wildman–Crippen LogP) is 2.32. The van der Waals surface area contributed by atoms with Crippen molar-refractivity contribution in [2.45, 2.75) is 20.8 Å². The minimum atomic E-state index is 0.216. The Hall–Kier alpha value is -0.310. The second-order valence-corrected chi connectivity index (χ2v) is 3.82. The zero-order valence-electron chi connectivity index (χ0n) is 5.88. The monoisotopic (exact) mass is 142 g/mol. The quantitative estimate of drug-likeness (QED) is 0.477. The Morgan fingerprint density at radius 3 is 2.44 bits per heavy atom. The molecule has 1 radical (unpaired) electrons. The molecule has 0 aliphatic carbocycles. The highest BCUT2D eigenvalue weighted by molar-refractivity contribution is 8.01. The summed E-state index contributed by atoms with van der Waals surface area (Å²) in [7, 11) is 0. The fourth-order valence-corrected chi connectivity index (χ4v) is 1.05. The van der Waals surface area contributed by atoms with Gasteiger partial charge in [0.1, 0.15) is 6.20 Å². The van der Waals surface area contributed by atoms with Gasteiger partial charge in [-0.25, -0.2) is 0 Å². The Kier molecular flexibility index (Phi) is 1.62. The van der Waals surface area contributed by atoms with Gasteiger partial charge in [-0.15, -0.1) is 0 Å². The van der Waals surface area contributed by atoms with E-state index in [0.717, 1.165) is 0 Å². The van der Waals surface area contributed by atoms with Crippen LogP contribution in [0.2, 0.25) is 0 Å². The average molecular weight is 142 g/mol. The first-order chi connectivity index (χ1) is 4.11. The average Bonchev–Trinajstić information content (AvgIpc) is 2.08. The van der Waals surface area contributed by atoms with Gasteiger partial charge in [-0.3, -0.25) is 0 Å². The van der Waals surface area contributed by atoms with Crippen LogP contribution in [0.15, 0.2) is 16.2 Å². The van der Waals surface area contributed by atoms with Gasteiger partial charge in [0.2, 0.25) is 0 Å². The van der Waals surface area contributed by atoms with Gasteiger partial charge in [0, 0.05) is 5.41 Å². The molecule has 0 aromatic heterocycles. The molecule has 0 unspecified atom stereocenters. The van der Waals surface area contributed by atoms with Crippen LogP contribution in [0.3, 0.4) is 0 Å². The van der Waals surface area contributed by atoms with E-state index in [1.807, 2.05) is 6.20 Å². The van der Waals surface area contributed by atoms with Crippen molar-refractivity contribution in [1.82, 2.24) is 4.52 Å². The third-order valence-corrected chi connectivity index (χ3v) is 2.19. The molecule has 1 rings (SSSR count). The van der Waals surface area contributed by atoms with E-state index in [2.05, 4.69) is 30.4 Å². The molecule has 1 heterocycles. The van der Waals surface area contributed by atoms with Gasteiger partial charge >= 0.3 is 11.9 Å². The molecule has 3 heteroatoms. The number of hydrogen-bond acceptors (Lipinski definition) is 3. The summed E-state index contributed by atoms with van der Waals surface area (Å²) in [5.74, 6) is 0. The Bertz CT molecular complexity index is 164. The van der Waals surface area contributed by atoms with Gasteiger partial charge in [0.15, 0.2) is 0 Å². The minimum absolute atomic E-state index is 0.216. The first-order valence-electron chi connectivity index (χ1n) is 2.88. The van der Waals surface area contributed by atoms with Gasteiger partial charge in [0.05, 0.1) is 10.0 Å². The Labute approximate surface area is 59.6 Å². The number of hydrogen-bond donors (Lipinski definition) is 0. The van der Waals surface area contributed by atoms with Crippen LogP contribution >= 0.6 is 11.9 Å². The van der Waals surface area contributed by atoms with Crippen molar-refractivity contribution in [3.8, 4) is 0 Å². The highest BCUT2D eigenvalue weighted by Gasteiger charge is 2.27. The maximum absolute atomic E-state index is 3.78. The van der Waals surface area contributed by atoms with E-state index in [-0.39, 0.29) is 5.41 Å². The third-order valence-electron chi connectivity index (χ3n) is 1.10. The molecule has 0 bridgehead atoms. The highest BCUT2D eigenvalue weighted by Crippen LogP contribution is 2.34. The van der Waals surface area contributed by atoms with E-state index in [4.69, 9.17) is 0 Å². The molecular weight excluding hydrogens is 132 g/mol. The van der Waals surface area contributed by atoms with Crippen molar-refractivity contribution in [2.75, 3.05) is 0 Å². The van der Waals surface area contributed by atoms with Crippen molar-refractivity contribution in [1.29, 1.82) is 0 Å². The van der Waals surface area contributed by atoms with Crippen LogP contribution in [0.5, 0.6) is 0 Å². The summed E-state index contributed by atoms with van der Waals surface area (Å²) in [4.78, 5) is 1.24. The Morgan fingerprint density at radius 2 is 2.22 bits per heavy atom. The largest absolute Gasteiger partial charge is 0.310 e. The van der Waals surface area contributed by atoms with E-state index in [0.29, 0.717) is 0 Å². The molecule has 0 atom stereocenters. The fraction of sp³-hybridized carbons (Fsp3) is 0.667. The summed E-state index contributed by atoms with van der Waals surface area (Å²) in [6.45, 7) is 6.46. The predicted molar refractivity (Wildman–Crippen MR) is 39.7 cm³/mol. The molecule has 0 aromatic rings. The molecule has 0 amide bonds. The molecule has 2 nitrogen and oxygen atoms in total. The topological polar surface area (TPSA) is 26.5 Å². The van der Waals surface area contributed by atoms with Gasteiger partial charge in [0.25, 0.3) is 4.52 Å². The van der Waals surface area contributed by atoms with Crippen LogP contribution in [-0.2, 0) is 0 Å². The van der Waals surface area contributed by atoms with Crippen LogP contribution in [0.25, 0.3) is 0 Å². The second-order valence-electron chi connectivity index (χ2n) is 3.03. The van der Waals surface area contributed by atoms with Crippen molar-refractivity contribution >= 4 is 11.9 Å². The van der Waals surface area contributed by atoms with Gasteiger partial charge in [-0.05, 0) is 0 Å². The molecule has 0 saturated heterocycles. The first kappa shape index (κ1) is 6.81. The smallest absolute Gasteiger partial charge is 0.0553 e. The lowest BCUT2D eigenvalue weighted by Gasteiger charge is -2.12. The standard InChI is InChI=1S/C6H10N2S/c1-6(2,3)5-4-7-8-9-5/h4H,1-3H3/q+1. The molecule has 0 N–H and O–H groups in total. The van der Waals surface area contributed by atoms with E-state index < -0.39 is 0 Å². The van der Waals surface area contributed by atoms with Crippen molar-refractivity contribution in [3.05, 3.63) is 11.1 Å². The highest BCUT2D eigenvalue weighted by atomic mass is 32.2. The molecule has 1 aliphatic heterocycles. The number of rotatable bonds is 0. The maximum Gasteiger partial charge on any atom is 0.310 e. The lowest BCUT2D eigenvalue weighted by molar-refractivity contribution is 0.533. The zero-order valence-corrected chi connectivity index (χ0v) is 6.70. The van der Waals surface area contributed by atoms with E-state index in [9.17, 15) is 0 Å². The minimum Gasteiger partial charge on any atom is -0.0553 e.